The topological polar surface area (TPSA) is 46.9 Å². The predicted octanol–water partition coefficient (Wildman–Crippen LogP) is 7.00. The summed E-state index contributed by atoms with van der Waals surface area (Å²) < 4.78 is 27.4. The maximum Gasteiger partial charge on any atom is 0.222 e. The monoisotopic (exact) mass is 563 g/mol. The Labute approximate surface area is 248 Å². The van der Waals surface area contributed by atoms with Gasteiger partial charge in [0.1, 0.15) is 18.0 Å². The fraction of sp³-hybridized carbons (Fsp3) is 0.306. The van der Waals surface area contributed by atoms with E-state index in [2.05, 4.69) is 76.1 Å². The lowest BCUT2D eigenvalue weighted by Crippen LogP contribution is -2.53. The van der Waals surface area contributed by atoms with Gasteiger partial charge in [-0.3, -0.25) is 0 Å². The molecule has 1 aliphatic heterocycles. The van der Waals surface area contributed by atoms with E-state index in [1.807, 2.05) is 44.2 Å². The van der Waals surface area contributed by atoms with E-state index >= 15 is 0 Å². The van der Waals surface area contributed by atoms with Gasteiger partial charge in [0.15, 0.2) is 5.79 Å². The third-order valence-corrected chi connectivity index (χ3v) is 7.66. The molecule has 1 aliphatic rings. The van der Waals surface area contributed by atoms with E-state index < -0.39 is 11.6 Å². The summed E-state index contributed by atoms with van der Waals surface area (Å²) >= 11 is 0. The van der Waals surface area contributed by atoms with Crippen molar-refractivity contribution in [3.8, 4) is 0 Å². The molecular formula is C36H38FN3O2. The van der Waals surface area contributed by atoms with Crippen LogP contribution in [0.2, 0.25) is 0 Å². The molecule has 4 aromatic carbocycles. The summed E-state index contributed by atoms with van der Waals surface area (Å²) in [5.41, 5.74) is 4.48. The summed E-state index contributed by atoms with van der Waals surface area (Å²) in [6.07, 6.45) is 0.961. The molecule has 0 aromatic heterocycles. The van der Waals surface area contributed by atoms with Crippen LogP contribution >= 0.6 is 0 Å². The van der Waals surface area contributed by atoms with Gasteiger partial charge in [0.25, 0.3) is 0 Å². The number of nitrogens with zero attached hydrogens (tertiary/aromatic N) is 1. The molecule has 0 amide bonds. The van der Waals surface area contributed by atoms with Gasteiger partial charge in [0, 0.05) is 25.2 Å². The molecule has 1 fully saturated rings. The highest BCUT2D eigenvalue weighted by molar-refractivity contribution is 5.48. The van der Waals surface area contributed by atoms with Crippen LogP contribution in [0.5, 0.6) is 0 Å². The van der Waals surface area contributed by atoms with Gasteiger partial charge in [-0.15, -0.1) is 0 Å². The van der Waals surface area contributed by atoms with E-state index in [4.69, 9.17) is 16.0 Å². The standard InChI is InChI=1S/C36H38FN3O2/c1-36(2)41-34(32(21-26-13-7-4-8-14-26)39-24-28-17-11-6-12-18-28)35(42-36)33(22-27-15-9-5-10-16-27)40-25-29-19-20-30(37)31(23-29)38-3/h4-20,23,32-35,39-40H,21-22,24-25H2,1-2H3/t32-,33-,34?,35?/m1/s1. The summed E-state index contributed by atoms with van der Waals surface area (Å²) in [4.78, 5) is 3.34. The van der Waals surface area contributed by atoms with Gasteiger partial charge in [-0.2, -0.15) is 0 Å². The van der Waals surface area contributed by atoms with Gasteiger partial charge in [0.2, 0.25) is 5.69 Å². The van der Waals surface area contributed by atoms with Crippen LogP contribution < -0.4 is 10.6 Å². The minimum Gasteiger partial charge on any atom is -0.343 e. The van der Waals surface area contributed by atoms with Crippen molar-refractivity contribution in [1.29, 1.82) is 0 Å². The summed E-state index contributed by atoms with van der Waals surface area (Å²) in [6.45, 7) is 12.4. The first kappa shape index (κ1) is 29.6. The molecule has 2 N–H and O–H groups in total. The molecule has 2 unspecified atom stereocenters. The summed E-state index contributed by atoms with van der Waals surface area (Å²) in [5, 5.41) is 7.50. The van der Waals surface area contributed by atoms with Crippen LogP contribution in [-0.2, 0) is 35.4 Å². The molecule has 0 saturated carbocycles. The molecule has 5 rings (SSSR count). The number of ether oxygens (including phenoxy) is 2. The van der Waals surface area contributed by atoms with Crippen molar-refractivity contribution < 1.29 is 13.9 Å². The molecule has 5 nitrogen and oxygen atoms in total. The first-order chi connectivity index (χ1) is 20.4. The number of benzene rings is 4. The maximum absolute atomic E-state index is 14.0. The second kappa shape index (κ2) is 13.9. The molecule has 0 radical (unpaired) electrons. The minimum absolute atomic E-state index is 0.0287. The normalized spacial score (nSPS) is 19.2. The molecule has 0 spiro atoms. The van der Waals surface area contributed by atoms with Crippen LogP contribution in [0.1, 0.15) is 36.1 Å². The Balaban J connectivity index is 1.44. The quantitative estimate of drug-likeness (QED) is 0.182. The van der Waals surface area contributed by atoms with Crippen LogP contribution in [0.25, 0.3) is 4.85 Å². The predicted molar refractivity (Wildman–Crippen MR) is 164 cm³/mol. The maximum atomic E-state index is 14.0. The van der Waals surface area contributed by atoms with Crippen molar-refractivity contribution in [3.63, 3.8) is 0 Å². The molecule has 0 aliphatic carbocycles. The lowest BCUT2D eigenvalue weighted by Gasteiger charge is -2.33. The molecule has 4 aromatic rings. The lowest BCUT2D eigenvalue weighted by atomic mass is 9.91. The number of nitrogens with one attached hydrogen (secondary N) is 2. The van der Waals surface area contributed by atoms with Gasteiger partial charge < -0.3 is 20.1 Å². The van der Waals surface area contributed by atoms with Crippen LogP contribution in [0.15, 0.2) is 109 Å². The van der Waals surface area contributed by atoms with Gasteiger partial charge in [-0.1, -0.05) is 97.1 Å². The number of halogens is 1. The molecular weight excluding hydrogens is 525 g/mol. The van der Waals surface area contributed by atoms with Gasteiger partial charge in [-0.25, -0.2) is 9.24 Å². The zero-order valence-electron chi connectivity index (χ0n) is 24.2. The fourth-order valence-corrected chi connectivity index (χ4v) is 5.63. The average Bonchev–Trinajstić information content (AvgIpc) is 3.34. The van der Waals surface area contributed by atoms with E-state index in [0.29, 0.717) is 13.1 Å². The Morgan fingerprint density at radius 3 is 1.62 bits per heavy atom. The number of hydrogen-bond donors (Lipinski definition) is 2. The van der Waals surface area contributed by atoms with Crippen LogP contribution in [0.3, 0.4) is 0 Å². The zero-order chi connectivity index (χ0) is 29.4. The molecule has 42 heavy (non-hydrogen) atoms. The highest BCUT2D eigenvalue weighted by atomic mass is 19.1. The van der Waals surface area contributed by atoms with Crippen molar-refractivity contribution in [1.82, 2.24) is 10.6 Å². The third kappa shape index (κ3) is 7.90. The van der Waals surface area contributed by atoms with Crippen molar-refractivity contribution >= 4 is 5.69 Å². The Morgan fingerprint density at radius 2 is 1.14 bits per heavy atom. The van der Waals surface area contributed by atoms with Crippen molar-refractivity contribution in [2.24, 2.45) is 0 Å². The molecule has 216 valence electrons. The van der Waals surface area contributed by atoms with E-state index in [1.54, 1.807) is 12.1 Å². The summed E-state index contributed by atoms with van der Waals surface area (Å²) in [5.74, 6) is -1.28. The van der Waals surface area contributed by atoms with E-state index in [-0.39, 0.29) is 30.0 Å². The number of rotatable bonds is 12. The molecule has 0 bridgehead atoms. The van der Waals surface area contributed by atoms with Crippen LogP contribution in [-0.4, -0.2) is 30.1 Å². The largest absolute Gasteiger partial charge is 0.343 e. The minimum atomic E-state index is -0.775. The van der Waals surface area contributed by atoms with Crippen LogP contribution in [0, 0.1) is 12.4 Å². The molecule has 6 heteroatoms. The summed E-state index contributed by atoms with van der Waals surface area (Å²) in [7, 11) is 0. The van der Waals surface area contributed by atoms with E-state index in [9.17, 15) is 4.39 Å². The summed E-state index contributed by atoms with van der Waals surface area (Å²) in [6, 6.07) is 35.7. The molecule has 1 heterocycles. The highest BCUT2D eigenvalue weighted by Crippen LogP contribution is 2.34. The van der Waals surface area contributed by atoms with Crippen molar-refractivity contribution in [2.75, 3.05) is 0 Å². The molecule has 1 saturated heterocycles. The average molecular weight is 564 g/mol. The Kier molecular flexibility index (Phi) is 9.78. The highest BCUT2D eigenvalue weighted by Gasteiger charge is 2.48. The first-order valence-electron chi connectivity index (χ1n) is 14.5. The third-order valence-electron chi connectivity index (χ3n) is 7.66. The number of hydrogen-bond acceptors (Lipinski definition) is 4. The molecule has 4 atom stereocenters. The van der Waals surface area contributed by atoms with Gasteiger partial charge in [-0.05, 0) is 61.1 Å². The van der Waals surface area contributed by atoms with Crippen molar-refractivity contribution in [3.05, 3.63) is 149 Å². The second-order valence-corrected chi connectivity index (χ2v) is 11.3. The van der Waals surface area contributed by atoms with E-state index in [1.165, 1.54) is 22.8 Å². The van der Waals surface area contributed by atoms with E-state index in [0.717, 1.165) is 18.4 Å². The van der Waals surface area contributed by atoms with Gasteiger partial charge in [0.05, 0.1) is 6.57 Å². The zero-order valence-corrected chi connectivity index (χ0v) is 24.2. The fourth-order valence-electron chi connectivity index (χ4n) is 5.63. The first-order valence-corrected chi connectivity index (χ1v) is 14.5. The smallest absolute Gasteiger partial charge is 0.222 e. The Bertz CT molecular complexity index is 1460. The Hall–Kier alpha value is -3.86. The van der Waals surface area contributed by atoms with Crippen molar-refractivity contribution in [2.45, 2.75) is 69.9 Å². The van der Waals surface area contributed by atoms with Crippen LogP contribution in [0.4, 0.5) is 10.1 Å². The Morgan fingerprint density at radius 1 is 0.690 bits per heavy atom. The van der Waals surface area contributed by atoms with Gasteiger partial charge >= 0.3 is 0 Å². The second-order valence-electron chi connectivity index (χ2n) is 11.3. The SMILES string of the molecule is [C-]#[N+]c1cc(CN[C@H](Cc2ccccc2)C2OC(C)(C)OC2[C@@H](Cc2ccccc2)NCc2ccccc2)ccc1F. The lowest BCUT2D eigenvalue weighted by molar-refractivity contribution is -0.150.